The lowest BCUT2D eigenvalue weighted by Gasteiger charge is -2.12. The molecule has 0 radical (unpaired) electrons. The van der Waals surface area contributed by atoms with Gasteiger partial charge in [0.15, 0.2) is 0 Å². The Balaban J connectivity index is 1.48. The van der Waals surface area contributed by atoms with Crippen LogP contribution < -0.4 is 15.0 Å². The Hall–Kier alpha value is -2.82. The second kappa shape index (κ2) is 7.60. The molecule has 0 N–H and O–H groups in total. The number of ether oxygens (including phenoxy) is 2. The molecule has 0 saturated heterocycles. The maximum absolute atomic E-state index is 12.8. The van der Waals surface area contributed by atoms with Gasteiger partial charge in [0.25, 0.3) is 5.56 Å². The molecule has 5 heteroatoms. The summed E-state index contributed by atoms with van der Waals surface area (Å²) in [5.41, 5.74) is 0.786. The zero-order valence-electron chi connectivity index (χ0n) is 14.7. The number of hydrogen-bond acceptors (Lipinski definition) is 4. The maximum atomic E-state index is 12.8. The van der Waals surface area contributed by atoms with E-state index in [1.165, 1.54) is 0 Å². The van der Waals surface area contributed by atoms with Gasteiger partial charge in [-0.1, -0.05) is 24.6 Å². The highest BCUT2D eigenvalue weighted by Gasteiger charge is 2.14. The molecule has 0 unspecified atom stereocenters. The third-order valence-corrected chi connectivity index (χ3v) is 4.65. The molecule has 3 aromatic rings. The third-order valence-electron chi connectivity index (χ3n) is 4.65. The molecule has 5 nitrogen and oxygen atoms in total. The monoisotopic (exact) mass is 350 g/mol. The summed E-state index contributed by atoms with van der Waals surface area (Å²) in [5, 5.41) is 0.622. The summed E-state index contributed by atoms with van der Waals surface area (Å²) in [5.74, 6) is 2.40. The fourth-order valence-corrected chi connectivity index (χ4v) is 3.32. The van der Waals surface area contributed by atoms with Crippen molar-refractivity contribution in [1.82, 2.24) is 9.55 Å². The number of nitrogens with zero attached hydrogens (tertiary/aromatic N) is 2. The molecular formula is C21H22N2O3. The van der Waals surface area contributed by atoms with Crippen molar-refractivity contribution in [2.45, 2.75) is 32.2 Å². The molecule has 0 bridgehead atoms. The van der Waals surface area contributed by atoms with E-state index in [9.17, 15) is 4.79 Å². The van der Waals surface area contributed by atoms with E-state index in [4.69, 9.17) is 14.5 Å². The highest BCUT2D eigenvalue weighted by atomic mass is 16.5. The number of para-hydroxylation sites is 1. The van der Waals surface area contributed by atoms with Crippen molar-refractivity contribution in [3.8, 4) is 11.5 Å². The SMILES string of the molecule is O=c1c2cc(OCCOc3ccccc3)ccc2nc2n1CCCCC2. The van der Waals surface area contributed by atoms with E-state index >= 15 is 0 Å². The van der Waals surface area contributed by atoms with Gasteiger partial charge in [0.05, 0.1) is 10.9 Å². The predicted octanol–water partition coefficient (Wildman–Crippen LogP) is 3.58. The van der Waals surface area contributed by atoms with Gasteiger partial charge < -0.3 is 9.47 Å². The van der Waals surface area contributed by atoms with E-state index in [-0.39, 0.29) is 5.56 Å². The Morgan fingerprint density at radius 2 is 1.73 bits per heavy atom. The number of hydrogen-bond donors (Lipinski definition) is 0. The van der Waals surface area contributed by atoms with Gasteiger partial charge in [-0.2, -0.15) is 0 Å². The van der Waals surface area contributed by atoms with Gasteiger partial charge in [-0.3, -0.25) is 9.36 Å². The van der Waals surface area contributed by atoms with Gasteiger partial charge in [-0.05, 0) is 43.2 Å². The van der Waals surface area contributed by atoms with Crippen LogP contribution in [0.1, 0.15) is 25.1 Å². The highest BCUT2D eigenvalue weighted by Crippen LogP contribution is 2.19. The van der Waals surface area contributed by atoms with Crippen LogP contribution in [0.5, 0.6) is 11.5 Å². The van der Waals surface area contributed by atoms with E-state index in [1.807, 2.05) is 47.0 Å². The van der Waals surface area contributed by atoms with Crippen molar-refractivity contribution in [3.05, 3.63) is 64.7 Å². The first-order valence-corrected chi connectivity index (χ1v) is 9.15. The first-order valence-electron chi connectivity index (χ1n) is 9.15. The fourth-order valence-electron chi connectivity index (χ4n) is 3.32. The Kier molecular flexibility index (Phi) is 4.86. The van der Waals surface area contributed by atoms with Crippen LogP contribution in [-0.4, -0.2) is 22.8 Å². The molecule has 0 amide bonds. The Labute approximate surface area is 152 Å². The zero-order valence-corrected chi connectivity index (χ0v) is 14.7. The van der Waals surface area contributed by atoms with Crippen molar-refractivity contribution < 1.29 is 9.47 Å². The second-order valence-corrected chi connectivity index (χ2v) is 6.48. The van der Waals surface area contributed by atoms with Gasteiger partial charge in [-0.15, -0.1) is 0 Å². The van der Waals surface area contributed by atoms with Crippen molar-refractivity contribution >= 4 is 10.9 Å². The number of fused-ring (bicyclic) bond motifs is 2. The van der Waals surface area contributed by atoms with Crippen LogP contribution >= 0.6 is 0 Å². The quantitative estimate of drug-likeness (QED) is 0.660. The van der Waals surface area contributed by atoms with Crippen LogP contribution in [0.25, 0.3) is 10.9 Å². The number of rotatable bonds is 5. The van der Waals surface area contributed by atoms with Crippen LogP contribution in [0.4, 0.5) is 0 Å². The number of aryl methyl sites for hydroxylation is 1. The second-order valence-electron chi connectivity index (χ2n) is 6.48. The average Bonchev–Trinajstić information content (AvgIpc) is 2.92. The first-order chi connectivity index (χ1) is 12.8. The van der Waals surface area contributed by atoms with Crippen LogP contribution in [0.15, 0.2) is 53.3 Å². The van der Waals surface area contributed by atoms with E-state index in [2.05, 4.69) is 0 Å². The van der Waals surface area contributed by atoms with E-state index in [0.29, 0.717) is 24.3 Å². The standard InChI is InChI=1S/C21H22N2O3/c24-21-18-15-17(26-14-13-25-16-7-3-1-4-8-16)10-11-19(18)22-20-9-5-2-6-12-23(20)21/h1,3-4,7-8,10-11,15H,2,5-6,9,12-14H2. The lowest BCUT2D eigenvalue weighted by Crippen LogP contribution is -2.24. The molecule has 0 aliphatic carbocycles. The van der Waals surface area contributed by atoms with E-state index < -0.39 is 0 Å². The fraction of sp³-hybridized carbons (Fsp3) is 0.333. The molecule has 1 aromatic heterocycles. The minimum absolute atomic E-state index is 0.0397. The van der Waals surface area contributed by atoms with Crippen LogP contribution in [0.3, 0.4) is 0 Å². The average molecular weight is 350 g/mol. The lowest BCUT2D eigenvalue weighted by atomic mass is 10.2. The van der Waals surface area contributed by atoms with Gasteiger partial charge in [0, 0.05) is 13.0 Å². The van der Waals surface area contributed by atoms with Crippen LogP contribution in [0.2, 0.25) is 0 Å². The van der Waals surface area contributed by atoms with Gasteiger partial charge in [-0.25, -0.2) is 4.98 Å². The summed E-state index contributed by atoms with van der Waals surface area (Å²) in [4.78, 5) is 17.5. The van der Waals surface area contributed by atoms with E-state index in [0.717, 1.165) is 49.3 Å². The molecule has 134 valence electrons. The molecule has 0 saturated carbocycles. The maximum Gasteiger partial charge on any atom is 0.261 e. The van der Waals surface area contributed by atoms with Crippen molar-refractivity contribution in [1.29, 1.82) is 0 Å². The topological polar surface area (TPSA) is 53.4 Å². The minimum Gasteiger partial charge on any atom is -0.490 e. The number of benzene rings is 2. The molecule has 26 heavy (non-hydrogen) atoms. The predicted molar refractivity (Wildman–Crippen MR) is 101 cm³/mol. The van der Waals surface area contributed by atoms with Crippen LogP contribution in [-0.2, 0) is 13.0 Å². The van der Waals surface area contributed by atoms with Gasteiger partial charge >= 0.3 is 0 Å². The molecule has 4 rings (SSSR count). The van der Waals surface area contributed by atoms with Crippen molar-refractivity contribution in [2.75, 3.05) is 13.2 Å². The lowest BCUT2D eigenvalue weighted by molar-refractivity contribution is 0.217. The zero-order chi connectivity index (χ0) is 17.8. The summed E-state index contributed by atoms with van der Waals surface area (Å²) in [6.45, 7) is 1.62. The molecule has 1 aliphatic heterocycles. The Morgan fingerprint density at radius 1 is 0.923 bits per heavy atom. The summed E-state index contributed by atoms with van der Waals surface area (Å²) < 4.78 is 13.2. The molecular weight excluding hydrogens is 328 g/mol. The Morgan fingerprint density at radius 3 is 2.58 bits per heavy atom. The van der Waals surface area contributed by atoms with Crippen molar-refractivity contribution in [3.63, 3.8) is 0 Å². The smallest absolute Gasteiger partial charge is 0.261 e. The highest BCUT2D eigenvalue weighted by molar-refractivity contribution is 5.79. The van der Waals surface area contributed by atoms with Crippen molar-refractivity contribution in [2.24, 2.45) is 0 Å². The van der Waals surface area contributed by atoms with Gasteiger partial charge in [0.1, 0.15) is 30.5 Å². The third kappa shape index (κ3) is 3.57. The van der Waals surface area contributed by atoms with Gasteiger partial charge in [0.2, 0.25) is 0 Å². The summed E-state index contributed by atoms with van der Waals surface area (Å²) in [6.07, 6.45) is 4.16. The molecule has 2 aromatic carbocycles. The summed E-state index contributed by atoms with van der Waals surface area (Å²) in [7, 11) is 0. The van der Waals surface area contributed by atoms with E-state index in [1.54, 1.807) is 6.07 Å². The first kappa shape index (κ1) is 16.6. The van der Waals surface area contributed by atoms with Crippen LogP contribution in [0, 0.1) is 0 Å². The molecule has 0 spiro atoms. The molecule has 0 atom stereocenters. The summed E-state index contributed by atoms with van der Waals surface area (Å²) >= 11 is 0. The largest absolute Gasteiger partial charge is 0.490 e. The summed E-state index contributed by atoms with van der Waals surface area (Å²) in [6, 6.07) is 15.2. The number of aromatic nitrogens is 2. The Bertz CT molecular complexity index is 951. The normalized spacial score (nSPS) is 13.8. The molecule has 0 fully saturated rings. The minimum atomic E-state index is 0.0397. The molecule has 1 aliphatic rings. The molecule has 2 heterocycles.